The standard InChI is InChI=1S/C20H13N5O6/c1-11-15(20-23-18-17(31-20)6-3-7-21-18)4-2-5-16(11)22-19(26)12-8-13(24(27)28)10-14(9-12)25(29)30/h2-10H,1H3,(H,22,26). The molecular formula is C20H13N5O6. The van der Waals surface area contributed by atoms with Gasteiger partial charge >= 0.3 is 0 Å². The second kappa shape index (κ2) is 7.63. The predicted molar refractivity (Wildman–Crippen MR) is 110 cm³/mol. The van der Waals surface area contributed by atoms with Crippen LogP contribution in [0.15, 0.2) is 59.1 Å². The number of oxazole rings is 1. The number of nitrogens with zero attached hydrogens (tertiary/aromatic N) is 4. The van der Waals surface area contributed by atoms with Crippen molar-refractivity contribution in [1.29, 1.82) is 0 Å². The molecule has 4 aromatic rings. The van der Waals surface area contributed by atoms with E-state index in [1.165, 1.54) is 0 Å². The van der Waals surface area contributed by atoms with Gasteiger partial charge in [-0.1, -0.05) is 6.07 Å². The van der Waals surface area contributed by atoms with Crippen molar-refractivity contribution in [2.75, 3.05) is 5.32 Å². The van der Waals surface area contributed by atoms with Gasteiger partial charge in [-0.05, 0) is 36.8 Å². The summed E-state index contributed by atoms with van der Waals surface area (Å²) >= 11 is 0. The Hall–Kier alpha value is -4.67. The summed E-state index contributed by atoms with van der Waals surface area (Å²) in [5, 5.41) is 24.8. The zero-order valence-electron chi connectivity index (χ0n) is 15.9. The minimum atomic E-state index is -0.795. The van der Waals surface area contributed by atoms with E-state index in [1.54, 1.807) is 43.5 Å². The third kappa shape index (κ3) is 3.79. The highest BCUT2D eigenvalue weighted by Crippen LogP contribution is 2.30. The average molecular weight is 419 g/mol. The van der Waals surface area contributed by atoms with Gasteiger partial charge in [0.15, 0.2) is 11.2 Å². The number of carbonyl (C=O) groups excluding carboxylic acids is 1. The lowest BCUT2D eigenvalue weighted by Crippen LogP contribution is -2.13. The van der Waals surface area contributed by atoms with Gasteiger partial charge in [0.25, 0.3) is 17.3 Å². The van der Waals surface area contributed by atoms with Crippen LogP contribution in [0.5, 0.6) is 0 Å². The summed E-state index contributed by atoms with van der Waals surface area (Å²) in [6.45, 7) is 1.74. The smallest absolute Gasteiger partial charge is 0.277 e. The summed E-state index contributed by atoms with van der Waals surface area (Å²) in [4.78, 5) is 41.7. The number of hydrogen-bond acceptors (Lipinski definition) is 8. The second-order valence-corrected chi connectivity index (χ2v) is 6.53. The van der Waals surface area contributed by atoms with E-state index in [0.29, 0.717) is 33.9 Å². The Morgan fingerprint density at radius 3 is 2.39 bits per heavy atom. The maximum absolute atomic E-state index is 12.7. The van der Waals surface area contributed by atoms with Crippen LogP contribution in [0.25, 0.3) is 22.7 Å². The molecule has 4 rings (SSSR count). The van der Waals surface area contributed by atoms with Crippen LogP contribution in [-0.4, -0.2) is 25.7 Å². The molecule has 0 bridgehead atoms. The van der Waals surface area contributed by atoms with Crippen LogP contribution in [0.1, 0.15) is 15.9 Å². The van der Waals surface area contributed by atoms with E-state index in [4.69, 9.17) is 4.42 Å². The number of aromatic nitrogens is 2. The first-order chi connectivity index (χ1) is 14.8. The number of non-ortho nitro benzene ring substituents is 2. The molecule has 0 aliphatic carbocycles. The molecule has 2 heterocycles. The number of pyridine rings is 1. The summed E-state index contributed by atoms with van der Waals surface area (Å²) in [5.74, 6) is -0.417. The third-order valence-electron chi connectivity index (χ3n) is 4.56. The minimum absolute atomic E-state index is 0.211. The van der Waals surface area contributed by atoms with Crippen LogP contribution >= 0.6 is 0 Å². The van der Waals surface area contributed by atoms with E-state index in [9.17, 15) is 25.0 Å². The molecule has 0 fully saturated rings. The highest BCUT2D eigenvalue weighted by atomic mass is 16.6. The number of nitro benzene ring substituents is 2. The molecule has 0 unspecified atom stereocenters. The van der Waals surface area contributed by atoms with Crippen molar-refractivity contribution in [3.8, 4) is 11.5 Å². The molecule has 0 atom stereocenters. The van der Waals surface area contributed by atoms with Gasteiger partial charge in [0.1, 0.15) is 0 Å². The van der Waals surface area contributed by atoms with Gasteiger partial charge in [-0.3, -0.25) is 25.0 Å². The monoisotopic (exact) mass is 419 g/mol. The van der Waals surface area contributed by atoms with Crippen LogP contribution in [0.4, 0.5) is 17.1 Å². The Balaban J connectivity index is 1.69. The van der Waals surface area contributed by atoms with Gasteiger partial charge in [0.2, 0.25) is 5.89 Å². The Kier molecular flexibility index (Phi) is 4.83. The van der Waals surface area contributed by atoms with E-state index < -0.39 is 27.1 Å². The minimum Gasteiger partial charge on any atom is -0.434 e. The number of amides is 1. The topological polar surface area (TPSA) is 154 Å². The maximum atomic E-state index is 12.7. The zero-order valence-corrected chi connectivity index (χ0v) is 15.9. The first-order valence-electron chi connectivity index (χ1n) is 8.90. The molecule has 2 aromatic carbocycles. The number of nitro groups is 2. The van der Waals surface area contributed by atoms with E-state index in [0.717, 1.165) is 18.2 Å². The fourth-order valence-corrected chi connectivity index (χ4v) is 3.02. The average Bonchev–Trinajstić information content (AvgIpc) is 3.18. The predicted octanol–water partition coefficient (Wildman–Crippen LogP) is 4.27. The van der Waals surface area contributed by atoms with E-state index in [-0.39, 0.29) is 5.56 Å². The van der Waals surface area contributed by atoms with Crippen molar-refractivity contribution in [2.24, 2.45) is 0 Å². The Morgan fingerprint density at radius 2 is 1.74 bits per heavy atom. The van der Waals surface area contributed by atoms with Crippen molar-refractivity contribution in [2.45, 2.75) is 6.92 Å². The van der Waals surface area contributed by atoms with Gasteiger partial charge in [-0.2, -0.15) is 4.98 Å². The SMILES string of the molecule is Cc1c(NC(=O)c2cc([N+](=O)[O-])cc([N+](=O)[O-])c2)cccc1-c1nc2ncccc2o1. The van der Waals surface area contributed by atoms with Crippen LogP contribution in [0, 0.1) is 27.2 Å². The molecule has 154 valence electrons. The molecule has 1 N–H and O–H groups in total. The molecule has 0 spiro atoms. The summed E-state index contributed by atoms with van der Waals surface area (Å²) < 4.78 is 5.73. The van der Waals surface area contributed by atoms with Crippen LogP contribution < -0.4 is 5.32 Å². The van der Waals surface area contributed by atoms with Crippen molar-refractivity contribution in [3.63, 3.8) is 0 Å². The Bertz CT molecular complexity index is 1300. The van der Waals surface area contributed by atoms with E-state index >= 15 is 0 Å². The van der Waals surface area contributed by atoms with Crippen LogP contribution in [-0.2, 0) is 0 Å². The van der Waals surface area contributed by atoms with Crippen LogP contribution in [0.2, 0.25) is 0 Å². The molecule has 11 nitrogen and oxygen atoms in total. The molecule has 11 heteroatoms. The number of carbonyl (C=O) groups is 1. The molecule has 1 amide bonds. The lowest BCUT2D eigenvalue weighted by molar-refractivity contribution is -0.394. The van der Waals surface area contributed by atoms with Gasteiger partial charge < -0.3 is 9.73 Å². The molecule has 2 aromatic heterocycles. The highest BCUT2D eigenvalue weighted by molar-refractivity contribution is 6.05. The molecule has 0 saturated heterocycles. The van der Waals surface area contributed by atoms with Gasteiger partial charge in [-0.25, -0.2) is 4.98 Å². The van der Waals surface area contributed by atoms with Gasteiger partial charge in [0.05, 0.1) is 21.5 Å². The lowest BCUT2D eigenvalue weighted by atomic mass is 10.1. The van der Waals surface area contributed by atoms with Gasteiger partial charge in [-0.15, -0.1) is 0 Å². The van der Waals surface area contributed by atoms with Crippen LogP contribution in [0.3, 0.4) is 0 Å². The summed E-state index contributed by atoms with van der Waals surface area (Å²) in [7, 11) is 0. The fraction of sp³-hybridized carbons (Fsp3) is 0.0500. The normalized spacial score (nSPS) is 10.7. The zero-order chi connectivity index (χ0) is 22.1. The summed E-state index contributed by atoms with van der Waals surface area (Å²) in [6, 6.07) is 11.3. The van der Waals surface area contributed by atoms with Crippen molar-refractivity contribution in [3.05, 3.63) is 86.1 Å². The Morgan fingerprint density at radius 1 is 1.03 bits per heavy atom. The number of rotatable bonds is 5. The molecule has 0 aliphatic heterocycles. The number of nitrogens with one attached hydrogen (secondary N) is 1. The summed E-state index contributed by atoms with van der Waals surface area (Å²) in [6.07, 6.45) is 1.59. The van der Waals surface area contributed by atoms with Crippen molar-refractivity contribution < 1.29 is 19.1 Å². The molecule has 0 aliphatic rings. The van der Waals surface area contributed by atoms with Crippen molar-refractivity contribution >= 4 is 34.2 Å². The van der Waals surface area contributed by atoms with E-state index in [2.05, 4.69) is 15.3 Å². The first kappa shape index (κ1) is 19.6. The maximum Gasteiger partial charge on any atom is 0.277 e. The second-order valence-electron chi connectivity index (χ2n) is 6.53. The Labute approximate surface area is 173 Å². The third-order valence-corrected chi connectivity index (χ3v) is 4.56. The largest absolute Gasteiger partial charge is 0.434 e. The first-order valence-corrected chi connectivity index (χ1v) is 8.90. The highest BCUT2D eigenvalue weighted by Gasteiger charge is 2.21. The van der Waals surface area contributed by atoms with Gasteiger partial charge in [0, 0.05) is 29.6 Å². The number of benzene rings is 2. The molecular weight excluding hydrogens is 406 g/mol. The fourth-order valence-electron chi connectivity index (χ4n) is 3.02. The number of fused-ring (bicyclic) bond motifs is 1. The number of hydrogen-bond donors (Lipinski definition) is 1. The lowest BCUT2D eigenvalue weighted by Gasteiger charge is -2.11. The molecule has 31 heavy (non-hydrogen) atoms. The molecule has 0 saturated carbocycles. The van der Waals surface area contributed by atoms with Crippen molar-refractivity contribution in [1.82, 2.24) is 9.97 Å². The quantitative estimate of drug-likeness (QED) is 0.371. The molecule has 0 radical (unpaired) electrons. The number of anilines is 1. The summed E-state index contributed by atoms with van der Waals surface area (Å²) in [5.41, 5.74) is 1.27. The van der Waals surface area contributed by atoms with E-state index in [1.807, 2.05) is 0 Å².